The quantitative estimate of drug-likeness (QED) is 0.895. The van der Waals surface area contributed by atoms with E-state index in [2.05, 4.69) is 18.8 Å². The van der Waals surface area contributed by atoms with Crippen LogP contribution in [0.3, 0.4) is 0 Å². The number of oxazole rings is 1. The molecule has 1 N–H and O–H groups in total. The van der Waals surface area contributed by atoms with Crippen LogP contribution in [0.2, 0.25) is 0 Å². The summed E-state index contributed by atoms with van der Waals surface area (Å²) in [5.41, 5.74) is 1.11. The molecule has 0 spiro atoms. The summed E-state index contributed by atoms with van der Waals surface area (Å²) in [4.78, 5) is 14.5. The molecule has 0 amide bonds. The lowest BCUT2D eigenvalue weighted by molar-refractivity contribution is 0.0686. The lowest BCUT2D eigenvalue weighted by atomic mass is 10.0. The lowest BCUT2D eigenvalue weighted by Gasteiger charge is -2.08. The molecule has 0 aliphatic carbocycles. The van der Waals surface area contributed by atoms with Gasteiger partial charge < -0.3 is 14.3 Å². The van der Waals surface area contributed by atoms with Gasteiger partial charge in [0, 0.05) is 0 Å². The van der Waals surface area contributed by atoms with Crippen molar-refractivity contribution < 1.29 is 19.1 Å². The van der Waals surface area contributed by atoms with Crippen LogP contribution in [-0.4, -0.2) is 16.1 Å². The molecule has 19 heavy (non-hydrogen) atoms. The van der Waals surface area contributed by atoms with Gasteiger partial charge in [-0.25, -0.2) is 9.78 Å². The zero-order valence-electron chi connectivity index (χ0n) is 10.8. The molecule has 0 saturated heterocycles. The first-order valence-electron chi connectivity index (χ1n) is 5.96. The minimum absolute atomic E-state index is 0.0443. The molecule has 0 unspecified atom stereocenters. The van der Waals surface area contributed by atoms with Crippen LogP contribution in [0.1, 0.15) is 41.6 Å². The van der Waals surface area contributed by atoms with Crippen LogP contribution in [0, 0.1) is 0 Å². The summed E-state index contributed by atoms with van der Waals surface area (Å²) in [7, 11) is 0. The van der Waals surface area contributed by atoms with E-state index in [9.17, 15) is 4.79 Å². The fourth-order valence-electron chi connectivity index (χ4n) is 1.65. The Labute approximate surface area is 110 Å². The second-order valence-electron chi connectivity index (χ2n) is 4.44. The molecule has 1 aromatic heterocycles. The van der Waals surface area contributed by atoms with Gasteiger partial charge in [-0.3, -0.25) is 0 Å². The van der Waals surface area contributed by atoms with E-state index in [-0.39, 0.29) is 18.1 Å². The Hall–Kier alpha value is -2.30. The van der Waals surface area contributed by atoms with E-state index < -0.39 is 5.97 Å². The SMILES string of the molecule is CC(C)c1ccc(OCc2ocnc2C(=O)O)cc1. The van der Waals surface area contributed by atoms with Crippen LogP contribution in [0.25, 0.3) is 0 Å². The Morgan fingerprint density at radius 3 is 2.63 bits per heavy atom. The van der Waals surface area contributed by atoms with Crippen LogP contribution in [0.15, 0.2) is 35.1 Å². The third-order valence-electron chi connectivity index (χ3n) is 2.76. The number of rotatable bonds is 5. The first kappa shape index (κ1) is 13.1. The Kier molecular flexibility index (Phi) is 3.85. The highest BCUT2D eigenvalue weighted by Gasteiger charge is 2.15. The maximum atomic E-state index is 10.8. The molecule has 0 bridgehead atoms. The molecule has 100 valence electrons. The third kappa shape index (κ3) is 3.13. The summed E-state index contributed by atoms with van der Waals surface area (Å²) in [5, 5.41) is 8.87. The molecule has 1 heterocycles. The predicted octanol–water partition coefficient (Wildman–Crippen LogP) is 3.08. The van der Waals surface area contributed by atoms with Crippen LogP contribution >= 0.6 is 0 Å². The first-order chi connectivity index (χ1) is 9.08. The van der Waals surface area contributed by atoms with Crippen molar-refractivity contribution in [1.29, 1.82) is 0 Å². The van der Waals surface area contributed by atoms with Gasteiger partial charge in [0.05, 0.1) is 0 Å². The van der Waals surface area contributed by atoms with E-state index in [4.69, 9.17) is 14.3 Å². The fraction of sp³-hybridized carbons (Fsp3) is 0.286. The van der Waals surface area contributed by atoms with Crippen LogP contribution in [0.5, 0.6) is 5.75 Å². The summed E-state index contributed by atoms with van der Waals surface area (Å²) >= 11 is 0. The average Bonchev–Trinajstić information content (AvgIpc) is 2.85. The topological polar surface area (TPSA) is 72.6 Å². The van der Waals surface area contributed by atoms with Crippen LogP contribution in [-0.2, 0) is 6.61 Å². The van der Waals surface area contributed by atoms with Gasteiger partial charge in [-0.2, -0.15) is 0 Å². The molecular formula is C14H15NO4. The lowest BCUT2D eigenvalue weighted by Crippen LogP contribution is -2.04. The molecule has 0 atom stereocenters. The first-order valence-corrected chi connectivity index (χ1v) is 5.96. The van der Waals surface area contributed by atoms with Crippen molar-refractivity contribution in [2.75, 3.05) is 0 Å². The molecule has 0 aliphatic rings. The van der Waals surface area contributed by atoms with E-state index in [1.807, 2.05) is 24.3 Å². The summed E-state index contributed by atoms with van der Waals surface area (Å²) in [5.74, 6) is 0.210. The van der Waals surface area contributed by atoms with Gasteiger partial charge in [0.25, 0.3) is 0 Å². The zero-order valence-corrected chi connectivity index (χ0v) is 10.8. The smallest absolute Gasteiger partial charge is 0.358 e. The average molecular weight is 261 g/mol. The zero-order chi connectivity index (χ0) is 13.8. The Morgan fingerprint density at radius 2 is 2.05 bits per heavy atom. The number of aromatic carboxylic acids is 1. The molecule has 2 rings (SSSR count). The molecule has 5 heteroatoms. The van der Waals surface area contributed by atoms with Gasteiger partial charge in [0.2, 0.25) is 0 Å². The maximum absolute atomic E-state index is 10.8. The van der Waals surface area contributed by atoms with E-state index in [0.717, 1.165) is 6.39 Å². The van der Waals surface area contributed by atoms with Gasteiger partial charge >= 0.3 is 5.97 Å². The fourth-order valence-corrected chi connectivity index (χ4v) is 1.65. The van der Waals surface area contributed by atoms with Crippen LogP contribution < -0.4 is 4.74 Å². The highest BCUT2D eigenvalue weighted by Crippen LogP contribution is 2.20. The molecular weight excluding hydrogens is 246 g/mol. The summed E-state index contributed by atoms with van der Waals surface area (Å²) in [6, 6.07) is 7.68. The standard InChI is InChI=1S/C14H15NO4/c1-9(2)10-3-5-11(6-4-10)18-7-12-13(14(16)17)15-8-19-12/h3-6,8-9H,7H2,1-2H3,(H,16,17). The maximum Gasteiger partial charge on any atom is 0.358 e. The summed E-state index contributed by atoms with van der Waals surface area (Å²) < 4.78 is 10.5. The molecule has 0 radical (unpaired) electrons. The molecule has 1 aromatic carbocycles. The van der Waals surface area contributed by atoms with Crippen LogP contribution in [0.4, 0.5) is 0 Å². The van der Waals surface area contributed by atoms with Gasteiger partial charge in [-0.1, -0.05) is 26.0 Å². The molecule has 0 saturated carbocycles. The summed E-state index contributed by atoms with van der Waals surface area (Å²) in [6.45, 7) is 4.27. The van der Waals surface area contributed by atoms with Crippen molar-refractivity contribution in [3.05, 3.63) is 47.7 Å². The predicted molar refractivity (Wildman–Crippen MR) is 68.3 cm³/mol. The number of hydrogen-bond donors (Lipinski definition) is 1. The molecule has 0 aliphatic heterocycles. The minimum Gasteiger partial charge on any atom is -0.486 e. The monoisotopic (exact) mass is 261 g/mol. The van der Waals surface area contributed by atoms with E-state index in [1.165, 1.54) is 5.56 Å². The largest absolute Gasteiger partial charge is 0.486 e. The highest BCUT2D eigenvalue weighted by atomic mass is 16.5. The van der Waals surface area contributed by atoms with Crippen molar-refractivity contribution in [2.24, 2.45) is 0 Å². The number of hydrogen-bond acceptors (Lipinski definition) is 4. The number of carboxylic acid groups (broad SMARTS) is 1. The third-order valence-corrected chi connectivity index (χ3v) is 2.76. The van der Waals surface area contributed by atoms with Crippen molar-refractivity contribution in [1.82, 2.24) is 4.98 Å². The number of aromatic nitrogens is 1. The second-order valence-corrected chi connectivity index (χ2v) is 4.44. The molecule has 0 fully saturated rings. The Morgan fingerprint density at radius 1 is 1.37 bits per heavy atom. The second kappa shape index (κ2) is 5.56. The number of benzene rings is 1. The van der Waals surface area contributed by atoms with Gasteiger partial charge in [-0.15, -0.1) is 0 Å². The number of carboxylic acids is 1. The van der Waals surface area contributed by atoms with E-state index >= 15 is 0 Å². The van der Waals surface area contributed by atoms with Gasteiger partial charge in [0.15, 0.2) is 17.8 Å². The Balaban J connectivity index is 2.02. The van der Waals surface area contributed by atoms with E-state index in [0.29, 0.717) is 11.7 Å². The molecule has 2 aromatic rings. The highest BCUT2D eigenvalue weighted by molar-refractivity contribution is 5.86. The van der Waals surface area contributed by atoms with Crippen molar-refractivity contribution in [2.45, 2.75) is 26.4 Å². The minimum atomic E-state index is -1.12. The number of carbonyl (C=O) groups is 1. The number of ether oxygens (including phenoxy) is 1. The number of nitrogens with zero attached hydrogens (tertiary/aromatic N) is 1. The van der Waals surface area contributed by atoms with Crippen molar-refractivity contribution in [3.63, 3.8) is 0 Å². The van der Waals surface area contributed by atoms with Crippen molar-refractivity contribution in [3.8, 4) is 5.75 Å². The Bertz CT molecular complexity index is 557. The normalized spacial score (nSPS) is 10.7. The molecule has 5 nitrogen and oxygen atoms in total. The summed E-state index contributed by atoms with van der Waals surface area (Å²) in [6.07, 6.45) is 1.10. The van der Waals surface area contributed by atoms with Gasteiger partial charge in [0.1, 0.15) is 12.4 Å². The van der Waals surface area contributed by atoms with Gasteiger partial charge in [-0.05, 0) is 23.6 Å². The van der Waals surface area contributed by atoms with E-state index in [1.54, 1.807) is 0 Å². The van der Waals surface area contributed by atoms with Crippen molar-refractivity contribution >= 4 is 5.97 Å².